The monoisotopic (exact) mass is 183 g/mol. The molecule has 0 unspecified atom stereocenters. The molecule has 0 saturated carbocycles. The van der Waals surface area contributed by atoms with Crippen molar-refractivity contribution in [1.29, 1.82) is 5.41 Å². The molecule has 0 fully saturated rings. The van der Waals surface area contributed by atoms with Crippen LogP contribution in [0.25, 0.3) is 0 Å². The van der Waals surface area contributed by atoms with Gasteiger partial charge in [0.15, 0.2) is 11.2 Å². The highest BCUT2D eigenvalue weighted by molar-refractivity contribution is 5.86. The van der Waals surface area contributed by atoms with Gasteiger partial charge in [0.05, 0.1) is 12.8 Å². The smallest absolute Gasteiger partial charge is 0.360 e. The molecule has 0 spiro atoms. The molecule has 70 valence electrons. The number of hydrogen-bond donors (Lipinski definition) is 2. The zero-order valence-electron chi connectivity index (χ0n) is 7.02. The van der Waals surface area contributed by atoms with Crippen molar-refractivity contribution in [3.8, 4) is 0 Å². The van der Waals surface area contributed by atoms with E-state index in [1.54, 1.807) is 6.92 Å². The molecule has 1 aromatic heterocycles. The summed E-state index contributed by atoms with van der Waals surface area (Å²) in [6.07, 6.45) is 2.37. The second-order valence-electron chi connectivity index (χ2n) is 2.19. The topological polar surface area (TPSA) is 88.2 Å². The van der Waals surface area contributed by atoms with E-state index in [1.807, 2.05) is 0 Å². The summed E-state index contributed by atoms with van der Waals surface area (Å²) in [5.74, 6) is -0.712. The number of rotatable bonds is 2. The quantitative estimate of drug-likeness (QED) is 0.490. The van der Waals surface area contributed by atoms with E-state index >= 15 is 0 Å². The Morgan fingerprint density at radius 1 is 1.85 bits per heavy atom. The fourth-order valence-corrected chi connectivity index (χ4v) is 0.764. The average Bonchev–Trinajstić information content (AvgIpc) is 2.10. The maximum Gasteiger partial charge on any atom is 0.360 e. The van der Waals surface area contributed by atoms with Crippen LogP contribution in [-0.4, -0.2) is 27.5 Å². The van der Waals surface area contributed by atoms with Gasteiger partial charge in [0, 0.05) is 6.20 Å². The van der Waals surface area contributed by atoms with E-state index in [4.69, 9.17) is 10.6 Å². The SMILES string of the molecule is CCOC(=O)c1nccn(O)c1=N. The lowest BCUT2D eigenvalue weighted by molar-refractivity contribution is 0.0508. The molecule has 0 atom stereocenters. The molecule has 0 aliphatic rings. The van der Waals surface area contributed by atoms with Crippen LogP contribution < -0.4 is 5.49 Å². The number of aromatic nitrogens is 2. The molecular weight excluding hydrogens is 174 g/mol. The van der Waals surface area contributed by atoms with E-state index in [1.165, 1.54) is 6.20 Å². The van der Waals surface area contributed by atoms with E-state index in [2.05, 4.69) is 9.72 Å². The van der Waals surface area contributed by atoms with Gasteiger partial charge in [-0.05, 0) is 6.92 Å². The van der Waals surface area contributed by atoms with Gasteiger partial charge in [0.2, 0.25) is 0 Å². The molecule has 0 aromatic carbocycles. The predicted molar refractivity (Wildman–Crippen MR) is 41.2 cm³/mol. The summed E-state index contributed by atoms with van der Waals surface area (Å²) in [4.78, 5) is 14.7. The first-order valence-electron chi connectivity index (χ1n) is 3.65. The molecule has 0 saturated heterocycles. The Morgan fingerprint density at radius 2 is 2.54 bits per heavy atom. The van der Waals surface area contributed by atoms with E-state index in [9.17, 15) is 4.79 Å². The number of ether oxygens (including phenoxy) is 1. The third kappa shape index (κ3) is 1.84. The first kappa shape index (κ1) is 9.24. The number of hydrogen-bond acceptors (Lipinski definition) is 5. The van der Waals surface area contributed by atoms with Crippen molar-refractivity contribution in [2.24, 2.45) is 0 Å². The van der Waals surface area contributed by atoms with E-state index < -0.39 is 5.97 Å². The summed E-state index contributed by atoms with van der Waals surface area (Å²) in [5.41, 5.74) is -0.590. The summed E-state index contributed by atoms with van der Waals surface area (Å²) >= 11 is 0. The van der Waals surface area contributed by atoms with Gasteiger partial charge < -0.3 is 9.94 Å². The predicted octanol–water partition coefficient (Wildman–Crippen LogP) is -0.223. The Labute approximate surface area is 73.9 Å². The second-order valence-corrected chi connectivity index (χ2v) is 2.19. The standard InChI is InChI=1S/C7H9N3O3/c1-2-13-7(11)5-6(8)10(12)4-3-9-5/h3-4,8,12H,2H2,1H3. The normalized spacial score (nSPS) is 9.62. The first-order valence-corrected chi connectivity index (χ1v) is 3.65. The fourth-order valence-electron chi connectivity index (χ4n) is 0.764. The van der Waals surface area contributed by atoms with Crippen LogP contribution in [0, 0.1) is 5.41 Å². The van der Waals surface area contributed by atoms with Crippen LogP contribution in [0.5, 0.6) is 0 Å². The molecule has 0 radical (unpaired) electrons. The molecule has 1 rings (SSSR count). The molecule has 0 amide bonds. The third-order valence-corrected chi connectivity index (χ3v) is 1.33. The molecule has 13 heavy (non-hydrogen) atoms. The first-order chi connectivity index (χ1) is 6.16. The molecule has 0 bridgehead atoms. The van der Waals surface area contributed by atoms with Gasteiger partial charge in [-0.2, -0.15) is 4.73 Å². The van der Waals surface area contributed by atoms with Crippen molar-refractivity contribution in [2.45, 2.75) is 6.92 Å². The Morgan fingerprint density at radius 3 is 3.15 bits per heavy atom. The second kappa shape index (κ2) is 3.70. The maximum atomic E-state index is 11.1. The molecule has 0 aliphatic carbocycles. The van der Waals surface area contributed by atoms with Crippen LogP contribution in [-0.2, 0) is 4.74 Å². The minimum absolute atomic E-state index is 0.202. The van der Waals surface area contributed by atoms with E-state index in [-0.39, 0.29) is 17.8 Å². The van der Waals surface area contributed by atoms with Crippen molar-refractivity contribution in [3.63, 3.8) is 0 Å². The molecule has 6 heteroatoms. The molecule has 0 aliphatic heterocycles. The highest BCUT2D eigenvalue weighted by Crippen LogP contribution is 1.89. The lowest BCUT2D eigenvalue weighted by Crippen LogP contribution is -2.27. The fraction of sp³-hybridized carbons (Fsp3) is 0.286. The number of esters is 1. The van der Waals surface area contributed by atoms with Crippen LogP contribution in [0.4, 0.5) is 0 Å². The molecule has 6 nitrogen and oxygen atoms in total. The Balaban J connectivity index is 3.08. The van der Waals surface area contributed by atoms with Crippen LogP contribution in [0.2, 0.25) is 0 Å². The minimum Gasteiger partial charge on any atom is -0.461 e. The summed E-state index contributed by atoms with van der Waals surface area (Å²) < 4.78 is 5.12. The van der Waals surface area contributed by atoms with Gasteiger partial charge in [-0.3, -0.25) is 5.41 Å². The average molecular weight is 183 g/mol. The lowest BCUT2D eigenvalue weighted by atomic mass is 10.4. The summed E-state index contributed by atoms with van der Waals surface area (Å²) in [5, 5.41) is 16.3. The summed E-state index contributed by atoms with van der Waals surface area (Å²) in [6, 6.07) is 0. The molecule has 1 aromatic rings. The minimum atomic E-state index is -0.712. The van der Waals surface area contributed by atoms with Gasteiger partial charge in [-0.15, -0.1) is 0 Å². The van der Waals surface area contributed by atoms with Gasteiger partial charge in [0.25, 0.3) is 0 Å². The van der Waals surface area contributed by atoms with Crippen molar-refractivity contribution in [1.82, 2.24) is 9.71 Å². The number of carbonyl (C=O) groups is 1. The Kier molecular flexibility index (Phi) is 2.63. The highest BCUT2D eigenvalue weighted by atomic mass is 16.5. The van der Waals surface area contributed by atoms with Gasteiger partial charge in [-0.1, -0.05) is 0 Å². The summed E-state index contributed by atoms with van der Waals surface area (Å²) in [7, 11) is 0. The van der Waals surface area contributed by atoms with Crippen molar-refractivity contribution in [3.05, 3.63) is 23.6 Å². The molecule has 2 N–H and O–H groups in total. The van der Waals surface area contributed by atoms with Crippen molar-refractivity contribution < 1.29 is 14.7 Å². The number of nitrogens with zero attached hydrogens (tertiary/aromatic N) is 2. The third-order valence-electron chi connectivity index (χ3n) is 1.33. The zero-order valence-corrected chi connectivity index (χ0v) is 7.02. The largest absolute Gasteiger partial charge is 0.461 e. The highest BCUT2D eigenvalue weighted by Gasteiger charge is 2.11. The van der Waals surface area contributed by atoms with Crippen LogP contribution in [0.1, 0.15) is 17.4 Å². The Hall–Kier alpha value is -1.85. The van der Waals surface area contributed by atoms with Gasteiger partial charge in [0.1, 0.15) is 0 Å². The number of carbonyl (C=O) groups excluding carboxylic acids is 1. The zero-order chi connectivity index (χ0) is 9.84. The van der Waals surface area contributed by atoms with Gasteiger partial charge >= 0.3 is 5.97 Å². The van der Waals surface area contributed by atoms with Crippen LogP contribution in [0.15, 0.2) is 12.4 Å². The van der Waals surface area contributed by atoms with Crippen molar-refractivity contribution in [2.75, 3.05) is 6.61 Å². The maximum absolute atomic E-state index is 11.1. The van der Waals surface area contributed by atoms with Gasteiger partial charge in [-0.25, -0.2) is 9.78 Å². The van der Waals surface area contributed by atoms with Crippen LogP contribution >= 0.6 is 0 Å². The Bertz CT molecular complexity index is 371. The van der Waals surface area contributed by atoms with Crippen molar-refractivity contribution >= 4 is 5.97 Å². The van der Waals surface area contributed by atoms with Crippen LogP contribution in [0.3, 0.4) is 0 Å². The van der Waals surface area contributed by atoms with E-state index in [0.717, 1.165) is 6.20 Å². The summed E-state index contributed by atoms with van der Waals surface area (Å²) in [6.45, 7) is 1.86. The number of nitrogens with one attached hydrogen (secondary N) is 1. The lowest BCUT2D eigenvalue weighted by Gasteiger charge is -2.01. The molecular formula is C7H9N3O3. The van der Waals surface area contributed by atoms with E-state index in [0.29, 0.717) is 4.73 Å². The molecule has 1 heterocycles.